The molecule has 0 aromatic carbocycles. The first-order valence-electron chi connectivity index (χ1n) is 12.9. The Kier molecular flexibility index (Phi) is 21.6. The lowest BCUT2D eigenvalue weighted by atomic mass is 10.2. The van der Waals surface area contributed by atoms with E-state index in [9.17, 15) is 4.79 Å². The van der Waals surface area contributed by atoms with Gasteiger partial charge in [-0.05, 0) is 72.6 Å². The Morgan fingerprint density at radius 2 is 1.06 bits per heavy atom. The Balaban J connectivity index is 3.70. The van der Waals surface area contributed by atoms with Crippen molar-refractivity contribution < 1.29 is 4.79 Å². The lowest BCUT2D eigenvalue weighted by Crippen LogP contribution is -2.42. The fraction of sp³-hybridized carbons (Fsp3) is 0.567. The average molecular weight is 455 g/mol. The molecule has 0 spiro atoms. The fourth-order valence-electron chi connectivity index (χ4n) is 3.38. The first-order chi connectivity index (χ1) is 16.0. The molecule has 0 bridgehead atoms. The monoisotopic (exact) mass is 454 g/mol. The van der Waals surface area contributed by atoms with Crippen molar-refractivity contribution >= 4 is 5.91 Å². The van der Waals surface area contributed by atoms with E-state index in [0.29, 0.717) is 18.5 Å². The number of carbonyl (C=O) groups excluding carboxylic acids is 1. The summed E-state index contributed by atoms with van der Waals surface area (Å²) in [4.78, 5) is 14.3. The molecule has 0 aromatic heterocycles. The Bertz CT molecular complexity index is 628. The Hall–Kier alpha value is -2.13. The molecular formula is C30H50N2O. The van der Waals surface area contributed by atoms with Crippen molar-refractivity contribution in [3.63, 3.8) is 0 Å². The fourth-order valence-corrected chi connectivity index (χ4v) is 3.38. The van der Waals surface area contributed by atoms with Gasteiger partial charge in [0.1, 0.15) is 0 Å². The number of rotatable bonds is 19. The summed E-state index contributed by atoms with van der Waals surface area (Å²) in [5.41, 5.74) is 0. The van der Waals surface area contributed by atoms with Gasteiger partial charge in [-0.1, -0.05) is 79.8 Å². The number of allylic oxidation sites excluding steroid dienone is 12. The Morgan fingerprint density at radius 1 is 0.667 bits per heavy atom. The summed E-state index contributed by atoms with van der Waals surface area (Å²) in [5.74, 6) is 0.141. The SMILES string of the molecule is CC/C=C/C/C=C/C/C=C/C/C=C/C/C=C/C/C=C/CCC(=O)NCCN(C(C)C)C(C)C. The lowest BCUT2D eigenvalue weighted by Gasteiger charge is -2.30. The molecule has 0 fully saturated rings. The maximum absolute atomic E-state index is 12.0. The van der Waals surface area contributed by atoms with Gasteiger partial charge in [0.25, 0.3) is 0 Å². The zero-order valence-electron chi connectivity index (χ0n) is 22.0. The van der Waals surface area contributed by atoms with Crippen molar-refractivity contribution in [3.05, 3.63) is 72.9 Å². The van der Waals surface area contributed by atoms with E-state index >= 15 is 0 Å². The highest BCUT2D eigenvalue weighted by atomic mass is 16.1. The molecule has 3 heteroatoms. The summed E-state index contributed by atoms with van der Waals surface area (Å²) >= 11 is 0. The standard InChI is InChI=1S/C30H50N2O/c1-6-7-8-9-10-11-12-13-14-15-16-17-18-19-20-21-22-23-24-25-30(33)31-26-27-32(28(2)3)29(4)5/h7-8,10-11,13-14,16-17,19-20,22-23,28-29H,6,9,12,15,18,21,24-27H2,1-5H3,(H,31,33)/b8-7+,11-10+,14-13+,17-16+,20-19+,23-22+. The van der Waals surface area contributed by atoms with Gasteiger partial charge in [0, 0.05) is 31.6 Å². The second-order valence-electron chi connectivity index (χ2n) is 8.73. The lowest BCUT2D eigenvalue weighted by molar-refractivity contribution is -0.121. The maximum atomic E-state index is 12.0. The second kappa shape index (κ2) is 23.0. The Morgan fingerprint density at radius 3 is 1.45 bits per heavy atom. The molecule has 1 amide bonds. The van der Waals surface area contributed by atoms with Crippen LogP contribution in [0.2, 0.25) is 0 Å². The molecule has 0 aliphatic rings. The van der Waals surface area contributed by atoms with Crippen LogP contribution in [0, 0.1) is 0 Å². The van der Waals surface area contributed by atoms with Crippen LogP contribution in [-0.2, 0) is 4.79 Å². The zero-order valence-corrected chi connectivity index (χ0v) is 22.0. The van der Waals surface area contributed by atoms with E-state index in [1.54, 1.807) is 0 Å². The van der Waals surface area contributed by atoms with Crippen LogP contribution in [0.25, 0.3) is 0 Å². The smallest absolute Gasteiger partial charge is 0.220 e. The summed E-state index contributed by atoms with van der Waals surface area (Å²) in [6.07, 6.45) is 33.7. The number of nitrogens with zero attached hydrogens (tertiary/aromatic N) is 1. The minimum Gasteiger partial charge on any atom is -0.355 e. The van der Waals surface area contributed by atoms with Crippen LogP contribution in [0.1, 0.15) is 86.0 Å². The van der Waals surface area contributed by atoms with Crippen molar-refractivity contribution in [2.45, 2.75) is 98.1 Å². The first kappa shape index (κ1) is 30.9. The van der Waals surface area contributed by atoms with Gasteiger partial charge in [0.2, 0.25) is 5.91 Å². The highest BCUT2D eigenvalue weighted by molar-refractivity contribution is 5.75. The minimum absolute atomic E-state index is 0.141. The van der Waals surface area contributed by atoms with Crippen molar-refractivity contribution in [3.8, 4) is 0 Å². The summed E-state index contributed by atoms with van der Waals surface area (Å²) < 4.78 is 0. The summed E-state index contributed by atoms with van der Waals surface area (Å²) in [6, 6.07) is 1.00. The van der Waals surface area contributed by atoms with Crippen LogP contribution in [0.3, 0.4) is 0 Å². The molecule has 0 rings (SSSR count). The molecule has 1 N–H and O–H groups in total. The highest BCUT2D eigenvalue weighted by Gasteiger charge is 2.12. The van der Waals surface area contributed by atoms with Crippen LogP contribution in [0.4, 0.5) is 0 Å². The molecule has 0 heterocycles. The van der Waals surface area contributed by atoms with E-state index < -0.39 is 0 Å². The predicted molar refractivity (Wildman–Crippen MR) is 147 cm³/mol. The van der Waals surface area contributed by atoms with Gasteiger partial charge in [-0.15, -0.1) is 0 Å². The molecule has 0 aliphatic heterocycles. The third-order valence-corrected chi connectivity index (χ3v) is 5.15. The molecule has 0 aromatic rings. The maximum Gasteiger partial charge on any atom is 0.220 e. The predicted octanol–water partition coefficient (Wildman–Crippen LogP) is 7.70. The van der Waals surface area contributed by atoms with E-state index in [0.717, 1.165) is 58.0 Å². The minimum atomic E-state index is 0.141. The largest absolute Gasteiger partial charge is 0.355 e. The molecule has 0 atom stereocenters. The normalized spacial score (nSPS) is 13.2. The number of amides is 1. The summed E-state index contributed by atoms with van der Waals surface area (Å²) in [5, 5.41) is 3.04. The van der Waals surface area contributed by atoms with Crippen LogP contribution in [0.15, 0.2) is 72.9 Å². The molecule has 0 aliphatic carbocycles. The van der Waals surface area contributed by atoms with Gasteiger partial charge in [0.05, 0.1) is 0 Å². The van der Waals surface area contributed by atoms with E-state index in [4.69, 9.17) is 0 Å². The van der Waals surface area contributed by atoms with E-state index in [1.165, 1.54) is 0 Å². The molecule has 0 unspecified atom stereocenters. The topological polar surface area (TPSA) is 32.3 Å². The number of hydrogen-bond acceptors (Lipinski definition) is 2. The quantitative estimate of drug-likeness (QED) is 0.203. The highest BCUT2D eigenvalue weighted by Crippen LogP contribution is 2.03. The average Bonchev–Trinajstić information content (AvgIpc) is 2.77. The molecular weight excluding hydrogens is 404 g/mol. The van der Waals surface area contributed by atoms with E-state index in [1.807, 2.05) is 0 Å². The van der Waals surface area contributed by atoms with Crippen LogP contribution in [0.5, 0.6) is 0 Å². The molecule has 186 valence electrons. The van der Waals surface area contributed by atoms with Crippen LogP contribution in [-0.4, -0.2) is 36.0 Å². The molecule has 0 saturated heterocycles. The van der Waals surface area contributed by atoms with Gasteiger partial charge in [-0.3, -0.25) is 9.69 Å². The molecule has 3 nitrogen and oxygen atoms in total. The van der Waals surface area contributed by atoms with E-state index in [-0.39, 0.29) is 5.91 Å². The van der Waals surface area contributed by atoms with Gasteiger partial charge < -0.3 is 5.32 Å². The van der Waals surface area contributed by atoms with Gasteiger partial charge >= 0.3 is 0 Å². The number of carbonyl (C=O) groups is 1. The second-order valence-corrected chi connectivity index (χ2v) is 8.73. The first-order valence-corrected chi connectivity index (χ1v) is 12.9. The summed E-state index contributed by atoms with van der Waals surface area (Å²) in [6.45, 7) is 12.6. The van der Waals surface area contributed by atoms with Crippen molar-refractivity contribution in [1.82, 2.24) is 10.2 Å². The zero-order chi connectivity index (χ0) is 24.6. The van der Waals surface area contributed by atoms with Crippen LogP contribution < -0.4 is 5.32 Å². The van der Waals surface area contributed by atoms with Gasteiger partial charge in [0.15, 0.2) is 0 Å². The molecule has 0 radical (unpaired) electrons. The molecule has 33 heavy (non-hydrogen) atoms. The number of hydrogen-bond donors (Lipinski definition) is 1. The van der Waals surface area contributed by atoms with Crippen molar-refractivity contribution in [2.24, 2.45) is 0 Å². The van der Waals surface area contributed by atoms with Gasteiger partial charge in [-0.2, -0.15) is 0 Å². The number of nitrogens with one attached hydrogen (secondary N) is 1. The molecule has 0 saturated carbocycles. The van der Waals surface area contributed by atoms with Crippen molar-refractivity contribution in [1.29, 1.82) is 0 Å². The van der Waals surface area contributed by atoms with Crippen molar-refractivity contribution in [2.75, 3.05) is 13.1 Å². The third-order valence-electron chi connectivity index (χ3n) is 5.15. The Labute approximate surface area is 205 Å². The summed E-state index contributed by atoms with van der Waals surface area (Å²) in [7, 11) is 0. The van der Waals surface area contributed by atoms with Gasteiger partial charge in [-0.25, -0.2) is 0 Å². The third kappa shape index (κ3) is 21.5. The van der Waals surface area contributed by atoms with Crippen LogP contribution >= 0.6 is 0 Å². The van der Waals surface area contributed by atoms with E-state index in [2.05, 4.69) is 118 Å².